The number of amidine groups is 1. The van der Waals surface area contributed by atoms with Crippen molar-refractivity contribution < 1.29 is 9.53 Å². The molecule has 0 aromatic heterocycles. The number of carbonyl (C=O) groups excluding carboxylic acids is 1. The zero-order chi connectivity index (χ0) is 15.7. The molecule has 2 heterocycles. The number of benzene rings is 1. The molecule has 1 atom stereocenters. The Labute approximate surface area is 142 Å². The van der Waals surface area contributed by atoms with E-state index in [9.17, 15) is 4.79 Å². The van der Waals surface area contributed by atoms with Gasteiger partial charge in [-0.1, -0.05) is 39.8 Å². The normalized spacial score (nSPS) is 20.0. The molecule has 0 amide bonds. The third-order valence-electron chi connectivity index (χ3n) is 3.48. The summed E-state index contributed by atoms with van der Waals surface area (Å²) < 4.78 is 6.22. The Morgan fingerprint density at radius 3 is 3.05 bits per heavy atom. The van der Waals surface area contributed by atoms with E-state index >= 15 is 0 Å². The van der Waals surface area contributed by atoms with Crippen molar-refractivity contribution >= 4 is 38.8 Å². The Balaban J connectivity index is 2.11. The highest BCUT2D eigenvalue weighted by Crippen LogP contribution is 2.41. The Bertz CT molecular complexity index is 712. The molecular weight excluding hydrogens is 364 g/mol. The third kappa shape index (κ3) is 2.73. The number of nitrogens with zero attached hydrogens (tertiary/aromatic N) is 2. The average Bonchev–Trinajstić information content (AvgIpc) is 2.93. The van der Waals surface area contributed by atoms with E-state index in [2.05, 4.69) is 20.9 Å². The second-order valence-electron chi connectivity index (χ2n) is 4.88. The molecule has 114 valence electrons. The summed E-state index contributed by atoms with van der Waals surface area (Å²) >= 11 is 5.06. The second-order valence-corrected chi connectivity index (χ2v) is 6.67. The number of halogens is 1. The Morgan fingerprint density at radius 1 is 1.50 bits per heavy atom. The minimum Gasteiger partial charge on any atom is -0.463 e. The van der Waals surface area contributed by atoms with Crippen LogP contribution in [0.15, 0.2) is 56.6 Å². The first-order valence-corrected chi connectivity index (χ1v) is 8.62. The van der Waals surface area contributed by atoms with Crippen LogP contribution in [-0.4, -0.2) is 22.6 Å². The van der Waals surface area contributed by atoms with Gasteiger partial charge in [-0.2, -0.15) is 0 Å². The number of esters is 1. The molecule has 1 aromatic carbocycles. The number of allylic oxidation sites excluding steroid dienone is 1. The van der Waals surface area contributed by atoms with E-state index in [0.717, 1.165) is 15.2 Å². The topological polar surface area (TPSA) is 41.9 Å². The average molecular weight is 379 g/mol. The van der Waals surface area contributed by atoms with Gasteiger partial charge < -0.3 is 9.64 Å². The van der Waals surface area contributed by atoms with Crippen LogP contribution in [0.3, 0.4) is 0 Å². The largest absolute Gasteiger partial charge is 0.463 e. The molecule has 0 bridgehead atoms. The van der Waals surface area contributed by atoms with Crippen LogP contribution in [-0.2, 0) is 9.53 Å². The van der Waals surface area contributed by atoms with Gasteiger partial charge >= 0.3 is 5.97 Å². The maximum atomic E-state index is 12.4. The molecule has 22 heavy (non-hydrogen) atoms. The van der Waals surface area contributed by atoms with Crippen molar-refractivity contribution in [2.75, 3.05) is 6.61 Å². The first-order valence-electron chi connectivity index (χ1n) is 6.95. The number of aliphatic imine (C=N–C) groups is 1. The summed E-state index contributed by atoms with van der Waals surface area (Å²) in [6.07, 6.45) is 1.96. The fourth-order valence-electron chi connectivity index (χ4n) is 2.57. The molecular formula is C16H15BrN2O2S. The Kier molecular flexibility index (Phi) is 4.40. The lowest BCUT2D eigenvalue weighted by atomic mass is 9.95. The van der Waals surface area contributed by atoms with Crippen molar-refractivity contribution in [3.8, 4) is 0 Å². The molecule has 3 rings (SSSR count). The molecule has 0 saturated carbocycles. The van der Waals surface area contributed by atoms with Gasteiger partial charge in [-0.3, -0.25) is 0 Å². The van der Waals surface area contributed by atoms with Crippen LogP contribution in [0.25, 0.3) is 0 Å². The van der Waals surface area contributed by atoms with E-state index < -0.39 is 0 Å². The lowest BCUT2D eigenvalue weighted by Gasteiger charge is -2.33. The van der Waals surface area contributed by atoms with Crippen molar-refractivity contribution in [1.29, 1.82) is 0 Å². The van der Waals surface area contributed by atoms with Crippen molar-refractivity contribution in [2.24, 2.45) is 4.99 Å². The second kappa shape index (κ2) is 6.30. The SMILES string of the molecule is CCOC(=O)C1=C(C)N=C2SC=CN2C1c1cccc(Br)c1. The molecule has 1 aromatic rings. The highest BCUT2D eigenvalue weighted by molar-refractivity contribution is 9.10. The molecule has 1 unspecified atom stereocenters. The van der Waals surface area contributed by atoms with E-state index in [1.807, 2.05) is 54.6 Å². The van der Waals surface area contributed by atoms with Crippen LogP contribution < -0.4 is 0 Å². The quantitative estimate of drug-likeness (QED) is 0.738. The predicted octanol–water partition coefficient (Wildman–Crippen LogP) is 4.22. The summed E-state index contributed by atoms with van der Waals surface area (Å²) in [5, 5.41) is 2.86. The highest BCUT2D eigenvalue weighted by Gasteiger charge is 2.37. The predicted molar refractivity (Wildman–Crippen MR) is 92.2 cm³/mol. The van der Waals surface area contributed by atoms with Crippen molar-refractivity contribution in [3.05, 3.63) is 57.2 Å². The van der Waals surface area contributed by atoms with Crippen molar-refractivity contribution in [1.82, 2.24) is 4.90 Å². The van der Waals surface area contributed by atoms with E-state index in [-0.39, 0.29) is 12.0 Å². The fraction of sp³-hybridized carbons (Fsp3) is 0.250. The maximum absolute atomic E-state index is 12.4. The number of hydrogen-bond donors (Lipinski definition) is 0. The minimum atomic E-state index is -0.307. The van der Waals surface area contributed by atoms with Gasteiger partial charge in [0.15, 0.2) is 5.17 Å². The van der Waals surface area contributed by atoms with Gasteiger partial charge in [-0.25, -0.2) is 9.79 Å². The van der Waals surface area contributed by atoms with Gasteiger partial charge in [-0.15, -0.1) is 0 Å². The monoisotopic (exact) mass is 378 g/mol. The van der Waals surface area contributed by atoms with Gasteiger partial charge in [0.2, 0.25) is 0 Å². The highest BCUT2D eigenvalue weighted by atomic mass is 79.9. The molecule has 4 nitrogen and oxygen atoms in total. The zero-order valence-corrected chi connectivity index (χ0v) is 14.6. The molecule has 0 radical (unpaired) electrons. The maximum Gasteiger partial charge on any atom is 0.338 e. The van der Waals surface area contributed by atoms with Crippen LogP contribution in [0.4, 0.5) is 0 Å². The summed E-state index contributed by atoms with van der Waals surface area (Å²) in [5.74, 6) is -0.307. The molecule has 0 aliphatic carbocycles. The van der Waals surface area contributed by atoms with Crippen molar-refractivity contribution in [2.45, 2.75) is 19.9 Å². The van der Waals surface area contributed by atoms with Crippen LogP contribution in [0.1, 0.15) is 25.5 Å². The molecule has 0 N–H and O–H groups in total. The number of thioether (sulfide) groups is 1. The molecule has 0 fully saturated rings. The van der Waals surface area contributed by atoms with Crippen molar-refractivity contribution in [3.63, 3.8) is 0 Å². The number of fused-ring (bicyclic) bond motifs is 1. The number of rotatable bonds is 3. The van der Waals surface area contributed by atoms with Crippen LogP contribution in [0.2, 0.25) is 0 Å². The molecule has 2 aliphatic heterocycles. The Morgan fingerprint density at radius 2 is 2.32 bits per heavy atom. The summed E-state index contributed by atoms with van der Waals surface area (Å²) in [7, 11) is 0. The van der Waals surface area contributed by atoms with Gasteiger partial charge in [-0.05, 0) is 37.0 Å². The lowest BCUT2D eigenvalue weighted by Crippen LogP contribution is -2.34. The van der Waals surface area contributed by atoms with E-state index in [1.54, 1.807) is 11.8 Å². The van der Waals surface area contributed by atoms with Crippen LogP contribution >= 0.6 is 27.7 Å². The zero-order valence-electron chi connectivity index (χ0n) is 12.2. The van der Waals surface area contributed by atoms with Gasteiger partial charge in [0.1, 0.15) is 0 Å². The molecule has 2 aliphatic rings. The molecule has 0 spiro atoms. The summed E-state index contributed by atoms with van der Waals surface area (Å²) in [4.78, 5) is 19.0. The first kappa shape index (κ1) is 15.4. The van der Waals surface area contributed by atoms with Crippen LogP contribution in [0, 0.1) is 0 Å². The van der Waals surface area contributed by atoms with E-state index in [4.69, 9.17) is 4.74 Å². The number of carbonyl (C=O) groups is 1. The third-order valence-corrected chi connectivity index (χ3v) is 4.74. The van der Waals surface area contributed by atoms with Gasteiger partial charge in [0.05, 0.1) is 23.9 Å². The van der Waals surface area contributed by atoms with Crippen LogP contribution in [0.5, 0.6) is 0 Å². The number of ether oxygens (including phenoxy) is 1. The molecule has 0 saturated heterocycles. The number of hydrogen-bond acceptors (Lipinski definition) is 5. The standard InChI is InChI=1S/C16H15BrN2O2S/c1-3-21-15(20)13-10(2)18-16-19(7-8-22-16)14(13)11-5-4-6-12(17)9-11/h4-9,14H,3H2,1-2H3. The lowest BCUT2D eigenvalue weighted by molar-refractivity contribution is -0.139. The Hall–Kier alpha value is -1.53. The van der Waals surface area contributed by atoms with E-state index in [1.165, 1.54) is 0 Å². The molecule has 6 heteroatoms. The van der Waals surface area contributed by atoms with Gasteiger partial charge in [0.25, 0.3) is 0 Å². The van der Waals surface area contributed by atoms with E-state index in [0.29, 0.717) is 17.9 Å². The van der Waals surface area contributed by atoms with Gasteiger partial charge in [0, 0.05) is 10.7 Å². The first-order chi connectivity index (χ1) is 10.6. The fourth-order valence-corrected chi connectivity index (χ4v) is 3.78. The minimum absolute atomic E-state index is 0.213. The summed E-state index contributed by atoms with van der Waals surface area (Å²) in [6, 6.07) is 7.76. The summed E-state index contributed by atoms with van der Waals surface area (Å²) in [6.45, 7) is 4.02. The smallest absolute Gasteiger partial charge is 0.338 e. The summed E-state index contributed by atoms with van der Waals surface area (Å²) in [5.41, 5.74) is 2.33.